The van der Waals surface area contributed by atoms with Gasteiger partial charge in [-0.15, -0.1) is 5.10 Å². The Morgan fingerprint density at radius 3 is 2.42 bits per heavy atom. The fourth-order valence-corrected chi connectivity index (χ4v) is 3.19. The van der Waals surface area contributed by atoms with Gasteiger partial charge < -0.3 is 10.4 Å². The van der Waals surface area contributed by atoms with Crippen LogP contribution in [0.25, 0.3) is 17.6 Å². The summed E-state index contributed by atoms with van der Waals surface area (Å²) in [5.74, 6) is 0.0792. The third-order valence-electron chi connectivity index (χ3n) is 4.79. The quantitative estimate of drug-likeness (QED) is 0.466. The van der Waals surface area contributed by atoms with E-state index in [-0.39, 0.29) is 11.9 Å². The van der Waals surface area contributed by atoms with Gasteiger partial charge in [-0.25, -0.2) is 9.67 Å². The number of nitrogens with one attached hydrogen (secondary N) is 2. The molecule has 1 aliphatic heterocycles. The van der Waals surface area contributed by atoms with Gasteiger partial charge in [0.25, 0.3) is 0 Å². The highest BCUT2D eigenvalue weighted by atomic mass is 19.4. The number of benzene rings is 1. The molecular formula is C19H21F6N5O. The van der Waals surface area contributed by atoms with Crippen molar-refractivity contribution in [2.45, 2.75) is 31.4 Å². The van der Waals surface area contributed by atoms with Crippen LogP contribution in [-0.2, 0) is 12.4 Å². The predicted octanol–water partition coefficient (Wildman–Crippen LogP) is 3.36. The molecular weight excluding hydrogens is 428 g/mol. The summed E-state index contributed by atoms with van der Waals surface area (Å²) in [7, 11) is 0. The van der Waals surface area contributed by atoms with Crippen molar-refractivity contribution in [2.24, 2.45) is 5.92 Å². The first-order valence-corrected chi connectivity index (χ1v) is 9.54. The zero-order chi connectivity index (χ0) is 22.6. The molecule has 170 valence electrons. The lowest BCUT2D eigenvalue weighted by molar-refractivity contribution is -0.143. The summed E-state index contributed by atoms with van der Waals surface area (Å²) in [5.41, 5.74) is -3.31. The molecule has 0 radical (unpaired) electrons. The van der Waals surface area contributed by atoms with E-state index >= 15 is 0 Å². The molecule has 2 heterocycles. The van der Waals surface area contributed by atoms with Crippen molar-refractivity contribution in [3.05, 3.63) is 41.7 Å². The first kappa shape index (κ1) is 23.2. The SMILES string of the molecule is OC(C=Cn1cnc(-c2cc(C(F)(F)F)cc(C(F)(F)F)c2)n1)NCC1CCCNC1. The Bertz CT molecular complexity index is 870. The van der Waals surface area contributed by atoms with E-state index in [1.54, 1.807) is 0 Å². The average molecular weight is 449 g/mol. The van der Waals surface area contributed by atoms with Crippen LogP contribution in [0.1, 0.15) is 24.0 Å². The van der Waals surface area contributed by atoms with Gasteiger partial charge in [0.15, 0.2) is 5.82 Å². The number of hydrogen-bond acceptors (Lipinski definition) is 5. The molecule has 12 heteroatoms. The Hall–Kier alpha value is -2.44. The van der Waals surface area contributed by atoms with E-state index in [2.05, 4.69) is 20.7 Å². The highest BCUT2D eigenvalue weighted by Gasteiger charge is 2.37. The Labute approximate surface area is 174 Å². The first-order valence-electron chi connectivity index (χ1n) is 9.54. The molecule has 1 aromatic carbocycles. The van der Waals surface area contributed by atoms with Crippen LogP contribution in [0, 0.1) is 5.92 Å². The van der Waals surface area contributed by atoms with Crippen molar-refractivity contribution in [1.82, 2.24) is 25.4 Å². The van der Waals surface area contributed by atoms with Gasteiger partial charge in [-0.3, -0.25) is 5.32 Å². The molecule has 1 aliphatic rings. The number of aliphatic hydroxyl groups excluding tert-OH is 1. The van der Waals surface area contributed by atoms with Gasteiger partial charge in [0.1, 0.15) is 12.6 Å². The molecule has 0 amide bonds. The van der Waals surface area contributed by atoms with Crippen molar-refractivity contribution in [1.29, 1.82) is 0 Å². The smallest absolute Gasteiger partial charge is 0.375 e. The molecule has 2 aromatic rings. The minimum absolute atomic E-state index is 0.0459. The number of rotatable bonds is 6. The van der Waals surface area contributed by atoms with Crippen LogP contribution >= 0.6 is 0 Å². The monoisotopic (exact) mass is 449 g/mol. The van der Waals surface area contributed by atoms with E-state index in [4.69, 9.17) is 0 Å². The second kappa shape index (κ2) is 9.37. The van der Waals surface area contributed by atoms with E-state index in [1.807, 2.05) is 0 Å². The number of aliphatic hydroxyl groups is 1. The van der Waals surface area contributed by atoms with Crippen molar-refractivity contribution in [3.63, 3.8) is 0 Å². The minimum atomic E-state index is -4.96. The number of piperidine rings is 1. The molecule has 1 aromatic heterocycles. The maximum atomic E-state index is 13.0. The number of nitrogens with zero attached hydrogens (tertiary/aromatic N) is 3. The zero-order valence-corrected chi connectivity index (χ0v) is 16.2. The molecule has 31 heavy (non-hydrogen) atoms. The van der Waals surface area contributed by atoms with Crippen molar-refractivity contribution in [2.75, 3.05) is 19.6 Å². The first-order chi connectivity index (χ1) is 14.5. The maximum absolute atomic E-state index is 13.0. The van der Waals surface area contributed by atoms with Crippen LogP contribution in [0.5, 0.6) is 0 Å². The van der Waals surface area contributed by atoms with Crippen LogP contribution in [-0.4, -0.2) is 45.7 Å². The highest BCUT2D eigenvalue weighted by molar-refractivity contribution is 5.58. The van der Waals surface area contributed by atoms with Crippen LogP contribution in [0.4, 0.5) is 26.3 Å². The molecule has 0 spiro atoms. The Balaban J connectivity index is 1.71. The summed E-state index contributed by atoms with van der Waals surface area (Å²) in [4.78, 5) is 3.79. The molecule has 2 atom stereocenters. The maximum Gasteiger partial charge on any atom is 0.416 e. The fraction of sp³-hybridized carbons (Fsp3) is 0.474. The fourth-order valence-electron chi connectivity index (χ4n) is 3.19. The predicted molar refractivity (Wildman–Crippen MR) is 100 cm³/mol. The van der Waals surface area contributed by atoms with Crippen molar-refractivity contribution in [3.8, 4) is 11.4 Å². The van der Waals surface area contributed by atoms with Crippen LogP contribution < -0.4 is 10.6 Å². The largest absolute Gasteiger partial charge is 0.416 e. The Kier molecular flexibility index (Phi) is 7.02. The second-order valence-corrected chi connectivity index (χ2v) is 7.25. The van der Waals surface area contributed by atoms with Gasteiger partial charge in [0.2, 0.25) is 0 Å². The number of hydrogen-bond donors (Lipinski definition) is 3. The van der Waals surface area contributed by atoms with Crippen molar-refractivity contribution < 1.29 is 31.4 Å². The third-order valence-corrected chi connectivity index (χ3v) is 4.79. The zero-order valence-electron chi connectivity index (χ0n) is 16.2. The summed E-state index contributed by atoms with van der Waals surface area (Å²) < 4.78 is 79.2. The topological polar surface area (TPSA) is 75.0 Å². The van der Waals surface area contributed by atoms with E-state index in [9.17, 15) is 31.4 Å². The van der Waals surface area contributed by atoms with E-state index in [1.165, 1.54) is 12.3 Å². The number of halogens is 6. The van der Waals surface area contributed by atoms with Crippen molar-refractivity contribution >= 4 is 6.20 Å². The molecule has 3 rings (SSSR count). The number of alkyl halides is 6. The van der Waals surface area contributed by atoms with Crippen LogP contribution in [0.15, 0.2) is 30.6 Å². The molecule has 1 fully saturated rings. The molecule has 0 bridgehead atoms. The van der Waals surface area contributed by atoms with Gasteiger partial charge >= 0.3 is 12.4 Å². The van der Waals surface area contributed by atoms with Gasteiger partial charge in [0.05, 0.1) is 11.1 Å². The molecule has 1 saturated heterocycles. The lowest BCUT2D eigenvalue weighted by Crippen LogP contribution is -2.39. The summed E-state index contributed by atoms with van der Waals surface area (Å²) in [6, 6.07) is 1.17. The van der Waals surface area contributed by atoms with Crippen LogP contribution in [0.2, 0.25) is 0 Å². The highest BCUT2D eigenvalue weighted by Crippen LogP contribution is 2.38. The molecule has 6 nitrogen and oxygen atoms in total. The summed E-state index contributed by atoms with van der Waals surface area (Å²) in [6.07, 6.45) is -5.03. The summed E-state index contributed by atoms with van der Waals surface area (Å²) >= 11 is 0. The van der Waals surface area contributed by atoms with Gasteiger partial charge in [-0.05, 0) is 56.1 Å². The average Bonchev–Trinajstić information content (AvgIpc) is 3.19. The third kappa shape index (κ3) is 6.52. The normalized spacial score (nSPS) is 19.1. The van der Waals surface area contributed by atoms with Gasteiger partial charge in [-0.2, -0.15) is 26.3 Å². The Morgan fingerprint density at radius 1 is 1.16 bits per heavy atom. The molecule has 2 unspecified atom stereocenters. The molecule has 0 saturated carbocycles. The Morgan fingerprint density at radius 2 is 1.84 bits per heavy atom. The number of aromatic nitrogens is 3. The van der Waals surface area contributed by atoms with Gasteiger partial charge in [-0.1, -0.05) is 0 Å². The van der Waals surface area contributed by atoms with Gasteiger partial charge in [0, 0.05) is 18.3 Å². The summed E-state index contributed by atoms with van der Waals surface area (Å²) in [6.45, 7) is 2.42. The minimum Gasteiger partial charge on any atom is -0.375 e. The van der Waals surface area contributed by atoms with E-state index in [0.717, 1.165) is 36.9 Å². The molecule has 3 N–H and O–H groups in total. The standard InChI is InChI=1S/C19H21F6N5O/c20-18(21,22)14-6-13(7-15(8-14)19(23,24)25)17-28-11-30(29-17)5-3-16(31)27-10-12-2-1-4-26-9-12/h3,5-8,11-12,16,26-27,31H,1-2,4,9-10H2. The lowest BCUT2D eigenvalue weighted by atomic mass is 10.00. The lowest BCUT2D eigenvalue weighted by Gasteiger charge is -2.23. The van der Waals surface area contributed by atoms with Crippen LogP contribution in [0.3, 0.4) is 0 Å². The summed E-state index contributed by atoms with van der Waals surface area (Å²) in [5, 5.41) is 20.1. The van der Waals surface area contributed by atoms with E-state index < -0.39 is 35.3 Å². The molecule has 0 aliphatic carbocycles. The van der Waals surface area contributed by atoms with E-state index in [0.29, 0.717) is 24.6 Å². The second-order valence-electron chi connectivity index (χ2n) is 7.25.